The van der Waals surface area contributed by atoms with Crippen LogP contribution in [0.1, 0.15) is 30.6 Å². The van der Waals surface area contributed by atoms with Gasteiger partial charge in [-0.3, -0.25) is 4.79 Å². The summed E-state index contributed by atoms with van der Waals surface area (Å²) in [7, 11) is 4.08. The minimum atomic E-state index is -0.00322. The van der Waals surface area contributed by atoms with Crippen molar-refractivity contribution in [2.45, 2.75) is 20.3 Å². The Bertz CT molecular complexity index is 386. The fourth-order valence-corrected chi connectivity index (χ4v) is 1.67. The minimum Gasteiger partial charge on any atom is -0.493 e. The van der Waals surface area contributed by atoms with Crippen molar-refractivity contribution in [2.75, 3.05) is 27.2 Å². The van der Waals surface area contributed by atoms with Crippen molar-refractivity contribution in [1.29, 1.82) is 0 Å². The van der Waals surface area contributed by atoms with E-state index in [4.69, 9.17) is 4.74 Å². The van der Waals surface area contributed by atoms with E-state index in [0.717, 1.165) is 13.0 Å². The number of nitrogens with zero attached hydrogens (tertiary/aromatic N) is 1. The van der Waals surface area contributed by atoms with Crippen LogP contribution in [0.5, 0.6) is 5.75 Å². The molecule has 0 aliphatic heterocycles. The highest BCUT2D eigenvalue weighted by molar-refractivity contribution is 5.99. The molecule has 0 unspecified atom stereocenters. The van der Waals surface area contributed by atoms with Gasteiger partial charge in [0.05, 0.1) is 12.2 Å². The summed E-state index contributed by atoms with van der Waals surface area (Å²) in [4.78, 5) is 14.1. The molecule has 1 rings (SSSR count). The average Bonchev–Trinajstić information content (AvgIpc) is 2.34. The highest BCUT2D eigenvalue weighted by Gasteiger charge is 2.15. The molecule has 3 nitrogen and oxygen atoms in total. The summed E-state index contributed by atoms with van der Waals surface area (Å²) in [6, 6.07) is 7.48. The van der Waals surface area contributed by atoms with Crippen LogP contribution in [-0.2, 0) is 0 Å². The number of ether oxygens (including phenoxy) is 1. The van der Waals surface area contributed by atoms with Gasteiger partial charge < -0.3 is 9.64 Å². The number of benzene rings is 1. The summed E-state index contributed by atoms with van der Waals surface area (Å²) in [5.41, 5.74) is 0.692. The summed E-state index contributed by atoms with van der Waals surface area (Å²) in [6.45, 7) is 5.44. The van der Waals surface area contributed by atoms with Crippen LogP contribution < -0.4 is 4.74 Å². The molecule has 18 heavy (non-hydrogen) atoms. The lowest BCUT2D eigenvalue weighted by atomic mass is 10.0. The molecule has 0 saturated carbocycles. The maximum atomic E-state index is 12.0. The molecule has 0 saturated heterocycles. The van der Waals surface area contributed by atoms with Crippen LogP contribution in [0.15, 0.2) is 24.3 Å². The number of carbonyl (C=O) groups excluding carboxylic acids is 1. The van der Waals surface area contributed by atoms with Crippen molar-refractivity contribution in [1.82, 2.24) is 4.90 Å². The van der Waals surface area contributed by atoms with Crippen LogP contribution in [0.2, 0.25) is 0 Å². The molecule has 0 aromatic heterocycles. The van der Waals surface area contributed by atoms with E-state index in [2.05, 4.69) is 4.90 Å². The van der Waals surface area contributed by atoms with Crippen LogP contribution >= 0.6 is 0 Å². The van der Waals surface area contributed by atoms with E-state index in [-0.39, 0.29) is 11.7 Å². The van der Waals surface area contributed by atoms with Crippen molar-refractivity contribution in [2.24, 2.45) is 5.92 Å². The molecule has 1 aromatic carbocycles. The Balaban J connectivity index is 2.62. The molecule has 0 spiro atoms. The fourth-order valence-electron chi connectivity index (χ4n) is 1.67. The van der Waals surface area contributed by atoms with Gasteiger partial charge in [-0.2, -0.15) is 0 Å². The van der Waals surface area contributed by atoms with Crippen LogP contribution in [0.25, 0.3) is 0 Å². The molecule has 0 heterocycles. The first-order valence-electron chi connectivity index (χ1n) is 6.43. The molecule has 0 N–H and O–H groups in total. The number of Topliss-reactive ketones (excluding diaryl/α,β-unsaturated/α-hetero) is 1. The summed E-state index contributed by atoms with van der Waals surface area (Å²) in [5.74, 6) is 0.838. The Hall–Kier alpha value is -1.35. The zero-order valence-electron chi connectivity index (χ0n) is 11.8. The molecule has 3 heteroatoms. The third-order valence-corrected chi connectivity index (χ3v) is 2.68. The molecule has 100 valence electrons. The highest BCUT2D eigenvalue weighted by atomic mass is 16.5. The number of hydrogen-bond donors (Lipinski definition) is 0. The van der Waals surface area contributed by atoms with Gasteiger partial charge in [0.1, 0.15) is 5.75 Å². The lowest BCUT2D eigenvalue weighted by Crippen LogP contribution is -2.16. The summed E-state index contributed by atoms with van der Waals surface area (Å²) >= 11 is 0. The van der Waals surface area contributed by atoms with Crippen molar-refractivity contribution >= 4 is 5.78 Å². The van der Waals surface area contributed by atoms with E-state index in [9.17, 15) is 4.79 Å². The van der Waals surface area contributed by atoms with Crippen molar-refractivity contribution in [3.63, 3.8) is 0 Å². The number of hydrogen-bond acceptors (Lipinski definition) is 3. The lowest BCUT2D eigenvalue weighted by molar-refractivity contribution is 0.0935. The van der Waals surface area contributed by atoms with Gasteiger partial charge in [0.25, 0.3) is 0 Å². The topological polar surface area (TPSA) is 29.5 Å². The van der Waals surface area contributed by atoms with Crippen LogP contribution in [0, 0.1) is 5.92 Å². The number of para-hydroxylation sites is 1. The molecule has 0 radical (unpaired) electrons. The van der Waals surface area contributed by atoms with Gasteiger partial charge in [-0.25, -0.2) is 0 Å². The lowest BCUT2D eigenvalue weighted by Gasteiger charge is -2.13. The zero-order valence-corrected chi connectivity index (χ0v) is 11.8. The van der Waals surface area contributed by atoms with Crippen molar-refractivity contribution in [3.8, 4) is 5.75 Å². The first-order chi connectivity index (χ1) is 8.52. The van der Waals surface area contributed by atoms with Crippen LogP contribution in [0.3, 0.4) is 0 Å². The second-order valence-electron chi connectivity index (χ2n) is 5.02. The maximum absolute atomic E-state index is 12.0. The Morgan fingerprint density at radius 1 is 1.28 bits per heavy atom. The second-order valence-corrected chi connectivity index (χ2v) is 5.02. The van der Waals surface area contributed by atoms with Gasteiger partial charge in [0.2, 0.25) is 0 Å². The van der Waals surface area contributed by atoms with Crippen molar-refractivity contribution in [3.05, 3.63) is 29.8 Å². The summed E-state index contributed by atoms with van der Waals surface area (Å²) < 4.78 is 5.71. The number of rotatable bonds is 7. The number of ketones is 1. The fraction of sp³-hybridized carbons (Fsp3) is 0.533. The normalized spacial score (nSPS) is 11.0. The van der Waals surface area contributed by atoms with Gasteiger partial charge in [0.15, 0.2) is 5.78 Å². The quantitative estimate of drug-likeness (QED) is 0.549. The Kier molecular flexibility index (Phi) is 5.86. The first kappa shape index (κ1) is 14.7. The van der Waals surface area contributed by atoms with E-state index in [1.165, 1.54) is 0 Å². The predicted molar refractivity (Wildman–Crippen MR) is 74.3 cm³/mol. The number of carbonyl (C=O) groups is 1. The summed E-state index contributed by atoms with van der Waals surface area (Å²) in [6.07, 6.45) is 0.956. The first-order valence-corrected chi connectivity index (χ1v) is 6.43. The standard InChI is InChI=1S/C15H23NO2/c1-12(2)15(17)13-8-5-6-9-14(13)18-11-7-10-16(3)4/h5-6,8-9,12H,7,10-11H2,1-4H3. The Labute approximate surface area is 110 Å². The third-order valence-electron chi connectivity index (χ3n) is 2.68. The van der Waals surface area contributed by atoms with Gasteiger partial charge in [-0.05, 0) is 32.6 Å². The summed E-state index contributed by atoms with van der Waals surface area (Å²) in [5, 5.41) is 0. The largest absolute Gasteiger partial charge is 0.493 e. The zero-order chi connectivity index (χ0) is 13.5. The van der Waals surface area contributed by atoms with Gasteiger partial charge in [-0.15, -0.1) is 0 Å². The molecule has 0 aliphatic rings. The Morgan fingerprint density at radius 3 is 2.56 bits per heavy atom. The second kappa shape index (κ2) is 7.17. The highest BCUT2D eigenvalue weighted by Crippen LogP contribution is 2.21. The van der Waals surface area contributed by atoms with E-state index in [0.29, 0.717) is 17.9 Å². The molecular formula is C15H23NO2. The van der Waals surface area contributed by atoms with E-state index in [1.807, 2.05) is 52.2 Å². The third kappa shape index (κ3) is 4.49. The van der Waals surface area contributed by atoms with Crippen LogP contribution in [0.4, 0.5) is 0 Å². The minimum absolute atomic E-state index is 0.00322. The monoisotopic (exact) mass is 249 g/mol. The van der Waals surface area contributed by atoms with E-state index < -0.39 is 0 Å². The SMILES string of the molecule is CC(C)C(=O)c1ccccc1OCCCN(C)C. The molecule has 0 aliphatic carbocycles. The Morgan fingerprint density at radius 2 is 1.94 bits per heavy atom. The van der Waals surface area contributed by atoms with Gasteiger partial charge >= 0.3 is 0 Å². The molecule has 1 aromatic rings. The molecule has 0 bridgehead atoms. The van der Waals surface area contributed by atoms with Crippen LogP contribution in [-0.4, -0.2) is 37.9 Å². The average molecular weight is 249 g/mol. The molecular weight excluding hydrogens is 226 g/mol. The smallest absolute Gasteiger partial charge is 0.169 e. The molecule has 0 fully saturated rings. The van der Waals surface area contributed by atoms with E-state index >= 15 is 0 Å². The van der Waals surface area contributed by atoms with Crippen molar-refractivity contribution < 1.29 is 9.53 Å². The van der Waals surface area contributed by atoms with E-state index in [1.54, 1.807) is 0 Å². The molecule has 0 atom stereocenters. The predicted octanol–water partition coefficient (Wildman–Crippen LogP) is 2.86. The van der Waals surface area contributed by atoms with Gasteiger partial charge in [-0.1, -0.05) is 26.0 Å². The molecule has 0 amide bonds. The maximum Gasteiger partial charge on any atom is 0.169 e. The van der Waals surface area contributed by atoms with Gasteiger partial charge in [0, 0.05) is 12.5 Å².